The molecule has 0 unspecified atom stereocenters. The molecule has 0 spiro atoms. The van der Waals surface area contributed by atoms with Crippen molar-refractivity contribution in [3.8, 4) is 6.07 Å². The van der Waals surface area contributed by atoms with E-state index in [0.717, 1.165) is 11.3 Å². The van der Waals surface area contributed by atoms with Crippen LogP contribution in [0.4, 0.5) is 23.9 Å². The minimum atomic E-state index is -4.41. The average molecular weight is 318 g/mol. The van der Waals surface area contributed by atoms with Gasteiger partial charge in [-0.2, -0.15) is 18.4 Å². The molecule has 5 nitrogen and oxygen atoms in total. The summed E-state index contributed by atoms with van der Waals surface area (Å²) in [5, 5.41) is 11.4. The number of carbonyl (C=O) groups is 1. The van der Waals surface area contributed by atoms with Crippen molar-refractivity contribution in [3.05, 3.63) is 10.4 Å². The summed E-state index contributed by atoms with van der Waals surface area (Å²) in [7, 11) is 3.00. The Balaban J connectivity index is 2.40. The van der Waals surface area contributed by atoms with Crippen LogP contribution in [0.1, 0.15) is 28.1 Å². The Labute approximate surface area is 123 Å². The number of hydrogen-bond acceptors (Lipinski definition) is 5. The summed E-state index contributed by atoms with van der Waals surface area (Å²) in [4.78, 5) is 13.2. The second-order valence-electron chi connectivity index (χ2n) is 5.07. The lowest BCUT2D eigenvalue weighted by Crippen LogP contribution is -2.38. The molecule has 0 atom stereocenters. The van der Waals surface area contributed by atoms with Crippen LogP contribution < -0.4 is 11.1 Å². The van der Waals surface area contributed by atoms with Crippen LogP contribution in [0.15, 0.2) is 0 Å². The minimum absolute atomic E-state index is 0.00461. The van der Waals surface area contributed by atoms with E-state index < -0.39 is 17.6 Å². The third-order valence-corrected chi connectivity index (χ3v) is 4.41. The van der Waals surface area contributed by atoms with E-state index in [1.807, 2.05) is 0 Å². The van der Waals surface area contributed by atoms with Gasteiger partial charge in [0.25, 0.3) is 5.91 Å². The Morgan fingerprint density at radius 1 is 1.48 bits per heavy atom. The lowest BCUT2D eigenvalue weighted by molar-refractivity contribution is -0.151. The van der Waals surface area contributed by atoms with Crippen molar-refractivity contribution in [3.63, 3.8) is 0 Å². The fourth-order valence-corrected chi connectivity index (χ4v) is 3.02. The summed E-state index contributed by atoms with van der Waals surface area (Å²) in [6, 6.07) is 1.76. The van der Waals surface area contributed by atoms with Gasteiger partial charge < -0.3 is 16.0 Å². The second kappa shape index (κ2) is 4.80. The number of thiophene rings is 1. The molecule has 2 rings (SSSR count). The molecule has 1 aliphatic carbocycles. The smallest absolute Gasteiger partial charge is 0.396 e. The molecule has 1 amide bonds. The molecule has 1 aliphatic rings. The number of halogens is 3. The lowest BCUT2D eigenvalue weighted by Gasteiger charge is -2.21. The summed E-state index contributed by atoms with van der Waals surface area (Å²) < 4.78 is 38.9. The van der Waals surface area contributed by atoms with Crippen LogP contribution in [0.5, 0.6) is 0 Å². The van der Waals surface area contributed by atoms with Crippen molar-refractivity contribution >= 4 is 27.9 Å². The topological polar surface area (TPSA) is 82.2 Å². The predicted octanol–water partition coefficient (Wildman–Crippen LogP) is 2.41. The molecule has 1 aromatic heterocycles. The largest absolute Gasteiger partial charge is 0.411 e. The normalized spacial score (nSPS) is 16.2. The van der Waals surface area contributed by atoms with E-state index in [-0.39, 0.29) is 34.0 Å². The third-order valence-electron chi connectivity index (χ3n) is 3.30. The molecule has 9 heteroatoms. The zero-order chi connectivity index (χ0) is 16.0. The van der Waals surface area contributed by atoms with Gasteiger partial charge in [0.2, 0.25) is 0 Å². The number of nitrogens with zero attached hydrogens (tertiary/aromatic N) is 2. The van der Waals surface area contributed by atoms with Gasteiger partial charge in [-0.05, 0) is 12.8 Å². The molecular formula is C12H13F3N4OS. The molecule has 0 bridgehead atoms. The summed E-state index contributed by atoms with van der Waals surface area (Å²) >= 11 is 0.780. The Morgan fingerprint density at radius 3 is 2.43 bits per heavy atom. The van der Waals surface area contributed by atoms with Gasteiger partial charge in [0.1, 0.15) is 27.0 Å². The highest BCUT2D eigenvalue weighted by molar-refractivity contribution is 7.19. The van der Waals surface area contributed by atoms with Crippen LogP contribution in [0, 0.1) is 11.3 Å². The molecule has 114 valence electrons. The maximum atomic E-state index is 13.0. The SMILES string of the molecule is CN(C)C(=O)c1sc(NC2(C(F)(F)F)CC2)c(C#N)c1N. The standard InChI is InChI=1S/C12H13F3N4OS/c1-19(2)10(20)8-7(17)6(5-16)9(21-8)18-11(3-4-11)12(13,14)15/h18H,3-4,17H2,1-2H3. The number of nitrogen functional groups attached to an aromatic ring is 1. The molecule has 1 fully saturated rings. The van der Waals surface area contributed by atoms with Crippen LogP contribution in [-0.2, 0) is 0 Å². The van der Waals surface area contributed by atoms with Crippen LogP contribution in [0.2, 0.25) is 0 Å². The Kier molecular flexibility index (Phi) is 3.53. The first-order chi connectivity index (χ1) is 9.63. The van der Waals surface area contributed by atoms with Crippen LogP contribution in [0.25, 0.3) is 0 Å². The maximum absolute atomic E-state index is 13.0. The van der Waals surface area contributed by atoms with E-state index in [1.165, 1.54) is 19.0 Å². The molecule has 1 heterocycles. The summed E-state index contributed by atoms with van der Waals surface area (Å²) in [5.74, 6) is -0.445. The van der Waals surface area contributed by atoms with Crippen molar-refractivity contribution in [1.29, 1.82) is 5.26 Å². The zero-order valence-corrected chi connectivity index (χ0v) is 12.2. The molecule has 3 N–H and O–H groups in total. The van der Waals surface area contributed by atoms with Gasteiger partial charge >= 0.3 is 6.18 Å². The summed E-state index contributed by atoms with van der Waals surface area (Å²) in [6.07, 6.45) is -4.53. The number of nitrogens with two attached hydrogens (primary N) is 1. The van der Waals surface area contributed by atoms with Gasteiger partial charge in [0.05, 0.1) is 5.69 Å². The number of anilines is 2. The number of carbonyl (C=O) groups excluding carboxylic acids is 1. The van der Waals surface area contributed by atoms with E-state index >= 15 is 0 Å². The number of alkyl halides is 3. The molecular weight excluding hydrogens is 305 g/mol. The maximum Gasteiger partial charge on any atom is 0.411 e. The number of nitrogens with one attached hydrogen (secondary N) is 1. The monoisotopic (exact) mass is 318 g/mol. The molecule has 1 aromatic rings. The first kappa shape index (κ1) is 15.4. The van der Waals surface area contributed by atoms with E-state index in [0.29, 0.717) is 0 Å². The van der Waals surface area contributed by atoms with E-state index in [9.17, 15) is 18.0 Å². The van der Waals surface area contributed by atoms with E-state index in [1.54, 1.807) is 6.07 Å². The highest BCUT2D eigenvalue weighted by Gasteiger charge is 2.64. The molecule has 0 saturated heterocycles. The molecule has 0 radical (unpaired) electrons. The Hall–Kier alpha value is -1.95. The van der Waals surface area contributed by atoms with Crippen LogP contribution in [0.3, 0.4) is 0 Å². The fraction of sp³-hybridized carbons (Fsp3) is 0.500. The molecule has 1 saturated carbocycles. The molecule has 21 heavy (non-hydrogen) atoms. The van der Waals surface area contributed by atoms with Crippen molar-refractivity contribution in [2.24, 2.45) is 0 Å². The molecule has 0 aliphatic heterocycles. The van der Waals surface area contributed by atoms with E-state index in [2.05, 4.69) is 5.32 Å². The zero-order valence-electron chi connectivity index (χ0n) is 11.3. The van der Waals surface area contributed by atoms with Crippen molar-refractivity contribution in [1.82, 2.24) is 4.90 Å². The third kappa shape index (κ3) is 2.51. The van der Waals surface area contributed by atoms with E-state index in [4.69, 9.17) is 11.0 Å². The fourth-order valence-electron chi connectivity index (χ4n) is 1.83. The van der Waals surface area contributed by atoms with Gasteiger partial charge in [-0.3, -0.25) is 4.79 Å². The predicted molar refractivity (Wildman–Crippen MR) is 73.1 cm³/mol. The minimum Gasteiger partial charge on any atom is -0.396 e. The number of rotatable bonds is 3. The first-order valence-corrected chi connectivity index (χ1v) is 6.83. The van der Waals surface area contributed by atoms with Crippen LogP contribution in [-0.4, -0.2) is 36.6 Å². The number of hydrogen-bond donors (Lipinski definition) is 2. The summed E-state index contributed by atoms with van der Waals surface area (Å²) in [5.41, 5.74) is 3.52. The Bertz CT molecular complexity index is 626. The highest BCUT2D eigenvalue weighted by Crippen LogP contribution is 2.53. The lowest BCUT2D eigenvalue weighted by atomic mass is 10.2. The summed E-state index contributed by atoms with van der Waals surface area (Å²) in [6.45, 7) is 0. The Morgan fingerprint density at radius 2 is 2.05 bits per heavy atom. The molecule has 0 aromatic carbocycles. The first-order valence-electron chi connectivity index (χ1n) is 6.02. The van der Waals surface area contributed by atoms with Crippen molar-refractivity contribution < 1.29 is 18.0 Å². The highest BCUT2D eigenvalue weighted by atomic mass is 32.1. The number of nitriles is 1. The number of amides is 1. The van der Waals surface area contributed by atoms with Gasteiger partial charge in [0, 0.05) is 14.1 Å². The van der Waals surface area contributed by atoms with Gasteiger partial charge in [-0.15, -0.1) is 11.3 Å². The van der Waals surface area contributed by atoms with Crippen LogP contribution >= 0.6 is 11.3 Å². The average Bonchev–Trinajstić information content (AvgIpc) is 3.09. The van der Waals surface area contributed by atoms with Crippen molar-refractivity contribution in [2.75, 3.05) is 25.1 Å². The van der Waals surface area contributed by atoms with Crippen molar-refractivity contribution in [2.45, 2.75) is 24.6 Å². The van der Waals surface area contributed by atoms with Gasteiger partial charge in [-0.25, -0.2) is 0 Å². The van der Waals surface area contributed by atoms with Gasteiger partial charge in [0.15, 0.2) is 0 Å². The second-order valence-corrected chi connectivity index (χ2v) is 6.09. The quantitative estimate of drug-likeness (QED) is 0.896. The van der Waals surface area contributed by atoms with Gasteiger partial charge in [-0.1, -0.05) is 0 Å².